The van der Waals surface area contributed by atoms with Gasteiger partial charge in [0.25, 0.3) is 0 Å². The van der Waals surface area contributed by atoms with Gasteiger partial charge in [-0.3, -0.25) is 14.4 Å². The predicted octanol–water partition coefficient (Wildman–Crippen LogP) is -1.30. The predicted molar refractivity (Wildman–Crippen MR) is 83.0 cm³/mol. The van der Waals surface area contributed by atoms with Crippen molar-refractivity contribution in [2.45, 2.75) is 58.2 Å². The fourth-order valence-electron chi connectivity index (χ4n) is 1.79. The summed E-state index contributed by atoms with van der Waals surface area (Å²) in [6.45, 7) is 5.07. The first-order valence-electron chi connectivity index (χ1n) is 7.47. The highest BCUT2D eigenvalue weighted by molar-refractivity contribution is 5.92. The average molecular weight is 330 g/mol. The molecule has 0 saturated heterocycles. The Morgan fingerprint density at radius 1 is 1.09 bits per heavy atom. The van der Waals surface area contributed by atoms with Crippen molar-refractivity contribution in [1.29, 1.82) is 0 Å². The highest BCUT2D eigenvalue weighted by atomic mass is 16.4. The lowest BCUT2D eigenvalue weighted by molar-refractivity contribution is -0.142. The minimum atomic E-state index is -1.28. The van der Waals surface area contributed by atoms with E-state index in [0.717, 1.165) is 0 Å². The summed E-state index contributed by atoms with van der Waals surface area (Å²) in [6, 6.07) is -2.96. The van der Waals surface area contributed by atoms with Crippen molar-refractivity contribution in [3.63, 3.8) is 0 Å². The number of nitrogens with two attached hydrogens (primary N) is 2. The fraction of sp³-hybridized carbons (Fsp3) is 0.714. The lowest BCUT2D eigenvalue weighted by atomic mass is 9.97. The highest BCUT2D eigenvalue weighted by Gasteiger charge is 2.30. The zero-order valence-electron chi connectivity index (χ0n) is 13.7. The molecule has 0 radical (unpaired) electrons. The van der Waals surface area contributed by atoms with Crippen molar-refractivity contribution >= 4 is 23.7 Å². The molecule has 0 spiro atoms. The van der Waals surface area contributed by atoms with Gasteiger partial charge in [0.2, 0.25) is 17.7 Å². The van der Waals surface area contributed by atoms with Crippen LogP contribution in [0.3, 0.4) is 0 Å². The van der Waals surface area contributed by atoms with E-state index in [2.05, 4.69) is 10.6 Å². The van der Waals surface area contributed by atoms with Crippen LogP contribution in [0, 0.1) is 5.92 Å². The maximum absolute atomic E-state index is 12.3. The Kier molecular flexibility index (Phi) is 8.86. The maximum Gasteiger partial charge on any atom is 0.326 e. The number of primary amides is 1. The van der Waals surface area contributed by atoms with Crippen molar-refractivity contribution in [3.05, 3.63) is 0 Å². The van der Waals surface area contributed by atoms with E-state index in [1.54, 1.807) is 6.92 Å². The molecule has 23 heavy (non-hydrogen) atoms. The molecule has 0 aliphatic carbocycles. The molecule has 132 valence electrons. The van der Waals surface area contributed by atoms with Crippen molar-refractivity contribution in [1.82, 2.24) is 10.6 Å². The third kappa shape index (κ3) is 7.59. The summed E-state index contributed by atoms with van der Waals surface area (Å²) in [7, 11) is 0. The summed E-state index contributed by atoms with van der Waals surface area (Å²) in [5.41, 5.74) is 10.5. The van der Waals surface area contributed by atoms with E-state index in [1.807, 2.05) is 6.92 Å². The molecule has 7 N–H and O–H groups in total. The Labute approximate surface area is 135 Å². The number of carboxylic acid groups (broad SMARTS) is 1. The molecule has 0 aromatic heterocycles. The number of carboxylic acids is 1. The van der Waals surface area contributed by atoms with Gasteiger partial charge in [0.05, 0.1) is 6.04 Å². The number of hydrogen-bond donors (Lipinski definition) is 5. The van der Waals surface area contributed by atoms with E-state index < -0.39 is 41.8 Å². The second kappa shape index (κ2) is 9.78. The van der Waals surface area contributed by atoms with E-state index >= 15 is 0 Å². The van der Waals surface area contributed by atoms with E-state index in [4.69, 9.17) is 16.6 Å². The van der Waals surface area contributed by atoms with Crippen LogP contribution in [0.1, 0.15) is 40.0 Å². The van der Waals surface area contributed by atoms with Crippen LogP contribution in [0.15, 0.2) is 0 Å². The number of carbonyl (C=O) groups excluding carboxylic acids is 3. The van der Waals surface area contributed by atoms with Crippen LogP contribution in [-0.2, 0) is 19.2 Å². The van der Waals surface area contributed by atoms with E-state index in [1.165, 1.54) is 6.92 Å². The Balaban J connectivity index is 5.00. The van der Waals surface area contributed by atoms with Gasteiger partial charge in [0, 0.05) is 6.42 Å². The van der Waals surface area contributed by atoms with Crippen molar-refractivity contribution in [3.8, 4) is 0 Å². The monoisotopic (exact) mass is 330 g/mol. The third-order valence-corrected chi connectivity index (χ3v) is 3.50. The molecule has 0 bridgehead atoms. The van der Waals surface area contributed by atoms with Crippen LogP contribution < -0.4 is 22.1 Å². The molecular formula is C14H26N4O5. The largest absolute Gasteiger partial charge is 0.480 e. The second-order valence-electron chi connectivity index (χ2n) is 5.56. The first-order valence-corrected chi connectivity index (χ1v) is 7.47. The zero-order valence-corrected chi connectivity index (χ0v) is 13.7. The van der Waals surface area contributed by atoms with Gasteiger partial charge < -0.3 is 27.2 Å². The molecule has 0 heterocycles. The number of nitrogens with one attached hydrogen (secondary N) is 2. The first-order chi connectivity index (χ1) is 10.6. The summed E-state index contributed by atoms with van der Waals surface area (Å²) < 4.78 is 0. The van der Waals surface area contributed by atoms with Crippen LogP contribution in [0.4, 0.5) is 0 Å². The van der Waals surface area contributed by atoms with Crippen LogP contribution in [0.25, 0.3) is 0 Å². The number of hydrogen-bond acceptors (Lipinski definition) is 5. The smallest absolute Gasteiger partial charge is 0.326 e. The molecule has 4 atom stereocenters. The molecular weight excluding hydrogens is 304 g/mol. The lowest BCUT2D eigenvalue weighted by Crippen LogP contribution is -2.56. The number of amides is 3. The summed E-state index contributed by atoms with van der Waals surface area (Å²) in [5, 5.41) is 14.0. The molecule has 0 aliphatic heterocycles. The average Bonchev–Trinajstić information content (AvgIpc) is 2.46. The topological polar surface area (TPSA) is 165 Å². The molecule has 3 amide bonds. The Morgan fingerprint density at radius 3 is 2.04 bits per heavy atom. The van der Waals surface area contributed by atoms with Gasteiger partial charge in [0.1, 0.15) is 12.1 Å². The molecule has 0 aromatic rings. The van der Waals surface area contributed by atoms with Gasteiger partial charge in [-0.1, -0.05) is 20.3 Å². The molecule has 0 unspecified atom stereocenters. The standard InChI is InChI=1S/C14H26N4O5/c1-4-7(2)11(18-12(20)8(3)15)13(21)17-9(14(22)23)5-6-10(16)19/h7-9,11H,4-6,15H2,1-3H3,(H2,16,19)(H,17,21)(H,18,20)(H,22,23)/t7-,8-,9-,11-/m0/s1. The first kappa shape index (κ1) is 20.8. The zero-order chi connectivity index (χ0) is 18.2. The van der Waals surface area contributed by atoms with Crippen LogP contribution >= 0.6 is 0 Å². The second-order valence-corrected chi connectivity index (χ2v) is 5.56. The minimum absolute atomic E-state index is 0.120. The van der Waals surface area contributed by atoms with E-state index in [-0.39, 0.29) is 18.8 Å². The minimum Gasteiger partial charge on any atom is -0.480 e. The summed E-state index contributed by atoms with van der Waals surface area (Å²) in [6.07, 6.45) is 0.304. The molecule has 0 aromatic carbocycles. The van der Waals surface area contributed by atoms with Gasteiger partial charge in [-0.15, -0.1) is 0 Å². The van der Waals surface area contributed by atoms with Gasteiger partial charge in [-0.25, -0.2) is 4.79 Å². The Hall–Kier alpha value is -2.16. The highest BCUT2D eigenvalue weighted by Crippen LogP contribution is 2.09. The lowest BCUT2D eigenvalue weighted by Gasteiger charge is -2.26. The van der Waals surface area contributed by atoms with Crippen molar-refractivity contribution in [2.75, 3.05) is 0 Å². The molecule has 0 saturated carbocycles. The van der Waals surface area contributed by atoms with Gasteiger partial charge in [-0.05, 0) is 19.3 Å². The normalized spacial score (nSPS) is 15.8. The fourth-order valence-corrected chi connectivity index (χ4v) is 1.79. The summed E-state index contributed by atoms with van der Waals surface area (Å²) >= 11 is 0. The van der Waals surface area contributed by atoms with Crippen LogP contribution in [-0.4, -0.2) is 46.9 Å². The molecule has 0 fully saturated rings. The molecule has 9 heteroatoms. The van der Waals surface area contributed by atoms with Gasteiger partial charge in [0.15, 0.2) is 0 Å². The Bertz CT molecular complexity index is 452. The van der Waals surface area contributed by atoms with Crippen molar-refractivity contribution in [2.24, 2.45) is 17.4 Å². The molecule has 0 aliphatic rings. The van der Waals surface area contributed by atoms with Crippen LogP contribution in [0.2, 0.25) is 0 Å². The SMILES string of the molecule is CC[C@H](C)[C@H](NC(=O)[C@H](C)N)C(=O)N[C@@H](CCC(N)=O)C(=O)O. The number of rotatable bonds is 10. The quantitative estimate of drug-likeness (QED) is 0.334. The van der Waals surface area contributed by atoms with Gasteiger partial charge >= 0.3 is 5.97 Å². The summed E-state index contributed by atoms with van der Waals surface area (Å²) in [4.78, 5) is 46.0. The van der Waals surface area contributed by atoms with E-state index in [9.17, 15) is 19.2 Å². The van der Waals surface area contributed by atoms with E-state index in [0.29, 0.717) is 6.42 Å². The molecule has 0 rings (SSSR count). The molecule has 9 nitrogen and oxygen atoms in total. The van der Waals surface area contributed by atoms with Gasteiger partial charge in [-0.2, -0.15) is 0 Å². The number of carbonyl (C=O) groups is 4. The van der Waals surface area contributed by atoms with Crippen LogP contribution in [0.5, 0.6) is 0 Å². The van der Waals surface area contributed by atoms with Crippen molar-refractivity contribution < 1.29 is 24.3 Å². The maximum atomic E-state index is 12.3. The summed E-state index contributed by atoms with van der Waals surface area (Å²) in [5.74, 6) is -3.29. The Morgan fingerprint density at radius 2 is 1.65 bits per heavy atom. The number of aliphatic carboxylic acids is 1. The third-order valence-electron chi connectivity index (χ3n) is 3.50.